The molecule has 1 aromatic heterocycles. The number of hydrogen-bond acceptors (Lipinski definition) is 5. The Morgan fingerprint density at radius 3 is 2.78 bits per heavy atom. The van der Waals surface area contributed by atoms with E-state index in [0.717, 1.165) is 38.5 Å². The first-order valence-corrected chi connectivity index (χ1v) is 8.37. The Morgan fingerprint density at radius 1 is 1.09 bits per heavy atom. The van der Waals surface area contributed by atoms with Crippen molar-refractivity contribution in [1.29, 1.82) is 0 Å². The molecule has 6 heteroatoms. The first-order chi connectivity index (χ1) is 11.3. The molecule has 1 aliphatic rings. The van der Waals surface area contributed by atoms with Crippen LogP contribution < -0.4 is 14.8 Å². The lowest BCUT2D eigenvalue weighted by Gasteiger charge is -2.04. The van der Waals surface area contributed by atoms with Gasteiger partial charge in [-0.3, -0.25) is 0 Å². The molecule has 0 saturated carbocycles. The third-order valence-corrected chi connectivity index (χ3v) is 4.58. The topological polar surface area (TPSA) is 43.4 Å². The molecule has 4 rings (SSSR count). The number of ether oxygens (including phenoxy) is 2. The van der Waals surface area contributed by atoms with E-state index in [1.54, 1.807) is 11.3 Å². The number of thiazole rings is 1. The van der Waals surface area contributed by atoms with Crippen molar-refractivity contribution in [2.45, 2.75) is 6.54 Å². The van der Waals surface area contributed by atoms with Crippen LogP contribution in [0.3, 0.4) is 0 Å². The van der Waals surface area contributed by atoms with Gasteiger partial charge in [0, 0.05) is 22.5 Å². The third-order valence-electron chi connectivity index (χ3n) is 3.52. The Kier molecular flexibility index (Phi) is 3.81. The van der Waals surface area contributed by atoms with Crippen molar-refractivity contribution >= 4 is 28.1 Å². The zero-order chi connectivity index (χ0) is 15.6. The summed E-state index contributed by atoms with van der Waals surface area (Å²) in [6.07, 6.45) is 0. The van der Waals surface area contributed by atoms with Crippen molar-refractivity contribution in [3.63, 3.8) is 0 Å². The Labute approximate surface area is 142 Å². The van der Waals surface area contributed by atoms with Crippen LogP contribution in [0.1, 0.15) is 5.56 Å². The molecule has 2 aromatic carbocycles. The molecule has 0 amide bonds. The first kappa shape index (κ1) is 14.4. The summed E-state index contributed by atoms with van der Waals surface area (Å²) in [6, 6.07) is 13.6. The van der Waals surface area contributed by atoms with Gasteiger partial charge in [-0.2, -0.15) is 0 Å². The predicted octanol–water partition coefficient (Wildman–Crippen LogP) is 4.80. The molecule has 23 heavy (non-hydrogen) atoms. The molecular weight excluding hydrogens is 332 g/mol. The molecule has 0 aliphatic carbocycles. The predicted molar refractivity (Wildman–Crippen MR) is 92.5 cm³/mol. The highest BCUT2D eigenvalue weighted by molar-refractivity contribution is 7.14. The van der Waals surface area contributed by atoms with Gasteiger partial charge >= 0.3 is 0 Å². The van der Waals surface area contributed by atoms with Gasteiger partial charge in [-0.05, 0) is 29.8 Å². The lowest BCUT2D eigenvalue weighted by Crippen LogP contribution is -1.98. The normalized spacial score (nSPS) is 12.4. The second-order valence-corrected chi connectivity index (χ2v) is 6.38. The smallest absolute Gasteiger partial charge is 0.231 e. The van der Waals surface area contributed by atoms with E-state index in [1.165, 1.54) is 0 Å². The van der Waals surface area contributed by atoms with Crippen LogP contribution in [-0.2, 0) is 6.54 Å². The Hall–Kier alpha value is -2.24. The van der Waals surface area contributed by atoms with Crippen LogP contribution >= 0.6 is 22.9 Å². The fourth-order valence-corrected chi connectivity index (χ4v) is 3.18. The maximum Gasteiger partial charge on any atom is 0.231 e. The van der Waals surface area contributed by atoms with Gasteiger partial charge in [0.05, 0.1) is 5.69 Å². The van der Waals surface area contributed by atoms with Gasteiger partial charge in [-0.25, -0.2) is 4.98 Å². The standard InChI is InChI=1S/C17H13ClN2O2S/c18-13-4-2-12(3-5-13)14-9-23-17(20-14)19-8-11-1-6-15-16(7-11)22-10-21-15/h1-7,9H,8,10H2,(H,19,20). The number of nitrogens with one attached hydrogen (secondary N) is 1. The average molecular weight is 345 g/mol. The van der Waals surface area contributed by atoms with Crippen LogP contribution in [-0.4, -0.2) is 11.8 Å². The minimum Gasteiger partial charge on any atom is -0.454 e. The molecule has 0 radical (unpaired) electrons. The quantitative estimate of drug-likeness (QED) is 0.738. The highest BCUT2D eigenvalue weighted by Crippen LogP contribution is 2.33. The van der Waals surface area contributed by atoms with E-state index >= 15 is 0 Å². The Bertz CT molecular complexity index is 833. The molecule has 116 valence electrons. The molecule has 0 saturated heterocycles. The fraction of sp³-hybridized carbons (Fsp3) is 0.118. The molecule has 2 heterocycles. The molecule has 4 nitrogen and oxygen atoms in total. The third kappa shape index (κ3) is 3.11. The summed E-state index contributed by atoms with van der Waals surface area (Å²) in [5.41, 5.74) is 3.12. The van der Waals surface area contributed by atoms with Crippen LogP contribution in [0.2, 0.25) is 5.02 Å². The zero-order valence-electron chi connectivity index (χ0n) is 12.1. The van der Waals surface area contributed by atoms with Gasteiger partial charge in [-0.1, -0.05) is 29.8 Å². The second kappa shape index (κ2) is 6.10. The zero-order valence-corrected chi connectivity index (χ0v) is 13.7. The number of fused-ring (bicyclic) bond motifs is 1. The van der Waals surface area contributed by atoms with E-state index in [-0.39, 0.29) is 0 Å². The van der Waals surface area contributed by atoms with Crippen molar-refractivity contribution in [2.24, 2.45) is 0 Å². The Balaban J connectivity index is 1.44. The first-order valence-electron chi connectivity index (χ1n) is 7.12. The maximum absolute atomic E-state index is 5.91. The molecule has 3 aromatic rings. The van der Waals surface area contributed by atoms with E-state index in [2.05, 4.69) is 10.3 Å². The van der Waals surface area contributed by atoms with Gasteiger partial charge < -0.3 is 14.8 Å². The summed E-state index contributed by atoms with van der Waals surface area (Å²) in [7, 11) is 0. The van der Waals surface area contributed by atoms with E-state index < -0.39 is 0 Å². The molecule has 0 fully saturated rings. The van der Waals surface area contributed by atoms with Crippen LogP contribution in [0, 0.1) is 0 Å². The molecule has 0 atom stereocenters. The molecule has 1 N–H and O–H groups in total. The summed E-state index contributed by atoms with van der Waals surface area (Å²) in [5.74, 6) is 1.60. The van der Waals surface area contributed by atoms with Crippen LogP contribution in [0.5, 0.6) is 11.5 Å². The van der Waals surface area contributed by atoms with Gasteiger partial charge in [0.25, 0.3) is 0 Å². The van der Waals surface area contributed by atoms with Gasteiger partial charge in [0.15, 0.2) is 16.6 Å². The average Bonchev–Trinajstić information content (AvgIpc) is 3.22. The van der Waals surface area contributed by atoms with E-state index in [4.69, 9.17) is 21.1 Å². The van der Waals surface area contributed by atoms with Crippen molar-refractivity contribution in [1.82, 2.24) is 4.98 Å². The Morgan fingerprint density at radius 2 is 1.91 bits per heavy atom. The highest BCUT2D eigenvalue weighted by Gasteiger charge is 2.13. The molecule has 0 spiro atoms. The van der Waals surface area contributed by atoms with Crippen molar-refractivity contribution in [2.75, 3.05) is 12.1 Å². The molecule has 0 unspecified atom stereocenters. The van der Waals surface area contributed by atoms with Gasteiger partial charge in [0.2, 0.25) is 6.79 Å². The summed E-state index contributed by atoms with van der Waals surface area (Å²) >= 11 is 7.49. The van der Waals surface area contributed by atoms with E-state index in [1.807, 2.05) is 47.8 Å². The van der Waals surface area contributed by atoms with Crippen molar-refractivity contribution in [3.8, 4) is 22.8 Å². The van der Waals surface area contributed by atoms with Crippen LogP contribution in [0.15, 0.2) is 47.8 Å². The largest absolute Gasteiger partial charge is 0.454 e. The minimum atomic E-state index is 0.295. The number of benzene rings is 2. The molecular formula is C17H13ClN2O2S. The lowest BCUT2D eigenvalue weighted by atomic mass is 10.2. The number of anilines is 1. The lowest BCUT2D eigenvalue weighted by molar-refractivity contribution is 0.174. The van der Waals surface area contributed by atoms with Crippen molar-refractivity contribution in [3.05, 3.63) is 58.4 Å². The second-order valence-electron chi connectivity index (χ2n) is 5.09. The highest BCUT2D eigenvalue weighted by atomic mass is 35.5. The monoisotopic (exact) mass is 344 g/mol. The van der Waals surface area contributed by atoms with Crippen molar-refractivity contribution < 1.29 is 9.47 Å². The summed E-state index contributed by atoms with van der Waals surface area (Å²) in [6.45, 7) is 0.980. The number of rotatable bonds is 4. The van der Waals surface area contributed by atoms with Gasteiger partial charge in [-0.15, -0.1) is 11.3 Å². The summed E-state index contributed by atoms with van der Waals surface area (Å²) in [5, 5.41) is 6.98. The van der Waals surface area contributed by atoms with Gasteiger partial charge in [0.1, 0.15) is 0 Å². The van der Waals surface area contributed by atoms with Crippen LogP contribution in [0.4, 0.5) is 5.13 Å². The molecule has 0 bridgehead atoms. The number of aromatic nitrogens is 1. The fourth-order valence-electron chi connectivity index (χ4n) is 2.34. The number of hydrogen-bond donors (Lipinski definition) is 1. The maximum atomic E-state index is 5.91. The van der Waals surface area contributed by atoms with Crippen LogP contribution in [0.25, 0.3) is 11.3 Å². The number of halogens is 1. The molecule has 1 aliphatic heterocycles. The minimum absolute atomic E-state index is 0.295. The van der Waals surface area contributed by atoms with E-state index in [9.17, 15) is 0 Å². The summed E-state index contributed by atoms with van der Waals surface area (Å²) in [4.78, 5) is 4.61. The summed E-state index contributed by atoms with van der Waals surface area (Å²) < 4.78 is 10.7. The SMILES string of the molecule is Clc1ccc(-c2csc(NCc3ccc4c(c3)OCO4)n2)cc1. The van der Waals surface area contributed by atoms with E-state index in [0.29, 0.717) is 13.3 Å². The number of nitrogens with zero attached hydrogens (tertiary/aromatic N) is 1.